The van der Waals surface area contributed by atoms with Gasteiger partial charge >= 0.3 is 0 Å². The van der Waals surface area contributed by atoms with Gasteiger partial charge in [-0.2, -0.15) is 0 Å². The molecule has 0 unspecified atom stereocenters. The number of aldehydes is 1. The van der Waals surface area contributed by atoms with Gasteiger partial charge in [0.2, 0.25) is 0 Å². The van der Waals surface area contributed by atoms with E-state index >= 15 is 0 Å². The zero-order valence-electron chi connectivity index (χ0n) is 9.76. The molecule has 1 nitrogen and oxygen atoms in total. The standard InChI is InChI=1S/C16H14O/c1-13-6-2-3-7-14(13)10-11-15-8-4-5-9-16(15)12-17/h2-12H,1H3/b11-10-. The van der Waals surface area contributed by atoms with E-state index in [0.29, 0.717) is 0 Å². The van der Waals surface area contributed by atoms with Gasteiger partial charge in [-0.3, -0.25) is 4.79 Å². The monoisotopic (exact) mass is 222 g/mol. The predicted molar refractivity (Wildman–Crippen MR) is 71.9 cm³/mol. The van der Waals surface area contributed by atoms with E-state index in [0.717, 1.165) is 17.4 Å². The lowest BCUT2D eigenvalue weighted by Crippen LogP contribution is -1.84. The van der Waals surface area contributed by atoms with Crippen LogP contribution in [0.3, 0.4) is 0 Å². The van der Waals surface area contributed by atoms with Crippen LogP contribution in [0.1, 0.15) is 27.0 Å². The molecule has 2 rings (SSSR count). The molecule has 0 N–H and O–H groups in total. The first-order valence-electron chi connectivity index (χ1n) is 5.59. The Morgan fingerprint density at radius 3 is 1.94 bits per heavy atom. The van der Waals surface area contributed by atoms with Gasteiger partial charge in [0.15, 0.2) is 6.29 Å². The molecule has 0 fully saturated rings. The number of rotatable bonds is 3. The molecule has 0 saturated carbocycles. The van der Waals surface area contributed by atoms with Crippen LogP contribution in [0.5, 0.6) is 0 Å². The molecule has 0 bridgehead atoms. The summed E-state index contributed by atoms with van der Waals surface area (Å²) >= 11 is 0. The van der Waals surface area contributed by atoms with Gasteiger partial charge in [0.1, 0.15) is 0 Å². The molecule has 17 heavy (non-hydrogen) atoms. The largest absolute Gasteiger partial charge is 0.298 e. The van der Waals surface area contributed by atoms with Crippen LogP contribution in [0.15, 0.2) is 48.5 Å². The van der Waals surface area contributed by atoms with Crippen molar-refractivity contribution in [3.8, 4) is 0 Å². The number of benzene rings is 2. The van der Waals surface area contributed by atoms with Crippen molar-refractivity contribution in [3.05, 3.63) is 70.8 Å². The maximum Gasteiger partial charge on any atom is 0.150 e. The van der Waals surface area contributed by atoms with Crippen LogP contribution in [0, 0.1) is 6.92 Å². The summed E-state index contributed by atoms with van der Waals surface area (Å²) in [6.45, 7) is 2.07. The van der Waals surface area contributed by atoms with Crippen LogP contribution in [0.25, 0.3) is 12.2 Å². The van der Waals surface area contributed by atoms with Crippen molar-refractivity contribution in [2.75, 3.05) is 0 Å². The molecule has 0 heterocycles. The van der Waals surface area contributed by atoms with Crippen molar-refractivity contribution < 1.29 is 4.79 Å². The van der Waals surface area contributed by atoms with Crippen molar-refractivity contribution in [3.63, 3.8) is 0 Å². The molecular weight excluding hydrogens is 208 g/mol. The summed E-state index contributed by atoms with van der Waals surface area (Å²) in [6.07, 6.45) is 4.90. The number of carbonyl (C=O) groups excluding carboxylic acids is 1. The smallest absolute Gasteiger partial charge is 0.150 e. The van der Waals surface area contributed by atoms with Gasteiger partial charge in [0, 0.05) is 5.56 Å². The van der Waals surface area contributed by atoms with E-state index < -0.39 is 0 Å². The molecule has 0 amide bonds. The predicted octanol–water partition coefficient (Wildman–Crippen LogP) is 3.98. The maximum absolute atomic E-state index is 10.9. The Labute approximate surface area is 101 Å². The maximum atomic E-state index is 10.9. The van der Waals surface area contributed by atoms with Crippen molar-refractivity contribution in [1.29, 1.82) is 0 Å². The first-order chi connectivity index (χ1) is 8.31. The number of hydrogen-bond acceptors (Lipinski definition) is 1. The zero-order valence-corrected chi connectivity index (χ0v) is 9.76. The lowest BCUT2D eigenvalue weighted by Gasteiger charge is -2.00. The van der Waals surface area contributed by atoms with E-state index in [-0.39, 0.29) is 0 Å². The molecule has 2 aromatic rings. The Morgan fingerprint density at radius 2 is 1.29 bits per heavy atom. The summed E-state index contributed by atoms with van der Waals surface area (Å²) in [7, 11) is 0. The highest BCUT2D eigenvalue weighted by Gasteiger charge is 1.96. The molecule has 0 atom stereocenters. The van der Waals surface area contributed by atoms with E-state index in [1.807, 2.05) is 48.6 Å². The normalized spacial score (nSPS) is 10.6. The van der Waals surface area contributed by atoms with Crippen LogP contribution in [0.2, 0.25) is 0 Å². The zero-order chi connectivity index (χ0) is 12.1. The molecule has 1 heteroatoms. The highest BCUT2D eigenvalue weighted by Crippen LogP contribution is 2.14. The third kappa shape index (κ3) is 2.70. The summed E-state index contributed by atoms with van der Waals surface area (Å²) in [5.41, 5.74) is 4.07. The summed E-state index contributed by atoms with van der Waals surface area (Å²) in [4.78, 5) is 10.9. The van der Waals surface area contributed by atoms with Gasteiger partial charge in [-0.25, -0.2) is 0 Å². The van der Waals surface area contributed by atoms with E-state index in [1.54, 1.807) is 0 Å². The summed E-state index contributed by atoms with van der Waals surface area (Å²) in [5, 5.41) is 0. The average molecular weight is 222 g/mol. The van der Waals surface area contributed by atoms with E-state index in [4.69, 9.17) is 0 Å². The molecule has 0 spiro atoms. The molecule has 0 aliphatic heterocycles. The second-order valence-electron chi connectivity index (χ2n) is 3.94. The molecular formula is C16H14O. The van der Waals surface area contributed by atoms with Crippen molar-refractivity contribution in [2.45, 2.75) is 6.92 Å². The number of aryl methyl sites for hydroxylation is 1. The lowest BCUT2D eigenvalue weighted by atomic mass is 10.0. The minimum Gasteiger partial charge on any atom is -0.298 e. The highest BCUT2D eigenvalue weighted by atomic mass is 16.1. The summed E-state index contributed by atoms with van der Waals surface area (Å²) in [5.74, 6) is 0. The van der Waals surface area contributed by atoms with Crippen LogP contribution in [0.4, 0.5) is 0 Å². The molecule has 84 valence electrons. The van der Waals surface area contributed by atoms with Gasteiger partial charge in [-0.1, -0.05) is 60.7 Å². The van der Waals surface area contributed by atoms with Gasteiger partial charge in [0.05, 0.1) is 0 Å². The first kappa shape index (κ1) is 11.3. The van der Waals surface area contributed by atoms with Crippen LogP contribution < -0.4 is 0 Å². The van der Waals surface area contributed by atoms with Crippen LogP contribution in [-0.4, -0.2) is 6.29 Å². The van der Waals surface area contributed by atoms with Crippen LogP contribution in [-0.2, 0) is 0 Å². The average Bonchev–Trinajstić information content (AvgIpc) is 2.38. The number of hydrogen-bond donors (Lipinski definition) is 0. The van der Waals surface area contributed by atoms with Gasteiger partial charge < -0.3 is 0 Å². The first-order valence-corrected chi connectivity index (χ1v) is 5.59. The Bertz CT molecular complexity index is 553. The minimum atomic E-state index is 0.720. The van der Waals surface area contributed by atoms with Crippen LogP contribution >= 0.6 is 0 Å². The van der Waals surface area contributed by atoms with Gasteiger partial charge in [-0.15, -0.1) is 0 Å². The van der Waals surface area contributed by atoms with E-state index in [2.05, 4.69) is 19.1 Å². The van der Waals surface area contributed by atoms with E-state index in [9.17, 15) is 4.79 Å². The molecule has 0 saturated heterocycles. The second kappa shape index (κ2) is 5.26. The Hall–Kier alpha value is -2.15. The molecule has 0 aromatic heterocycles. The Morgan fingerprint density at radius 1 is 0.765 bits per heavy atom. The van der Waals surface area contributed by atoms with E-state index in [1.165, 1.54) is 11.1 Å². The molecule has 0 radical (unpaired) electrons. The summed E-state index contributed by atoms with van der Waals surface area (Å²) < 4.78 is 0. The second-order valence-corrected chi connectivity index (χ2v) is 3.94. The molecule has 2 aromatic carbocycles. The van der Waals surface area contributed by atoms with Gasteiger partial charge in [-0.05, 0) is 23.6 Å². The minimum absolute atomic E-state index is 0.720. The third-order valence-corrected chi connectivity index (χ3v) is 2.75. The van der Waals surface area contributed by atoms with Crippen molar-refractivity contribution in [1.82, 2.24) is 0 Å². The fourth-order valence-corrected chi connectivity index (χ4v) is 1.72. The lowest BCUT2D eigenvalue weighted by molar-refractivity contribution is 0.112. The van der Waals surface area contributed by atoms with Crippen molar-refractivity contribution in [2.24, 2.45) is 0 Å². The Kier molecular flexibility index (Phi) is 3.51. The summed E-state index contributed by atoms with van der Waals surface area (Å²) in [6, 6.07) is 15.7. The van der Waals surface area contributed by atoms with Crippen molar-refractivity contribution >= 4 is 18.4 Å². The topological polar surface area (TPSA) is 17.1 Å². The molecule has 0 aliphatic carbocycles. The molecule has 0 aliphatic rings. The SMILES string of the molecule is Cc1ccccc1/C=C\c1ccccc1C=O. The fraction of sp³-hybridized carbons (Fsp3) is 0.0625. The quantitative estimate of drug-likeness (QED) is 0.567. The third-order valence-electron chi connectivity index (χ3n) is 2.75. The Balaban J connectivity index is 2.32. The number of carbonyl (C=O) groups is 1. The van der Waals surface area contributed by atoms with Gasteiger partial charge in [0.25, 0.3) is 0 Å². The highest BCUT2D eigenvalue weighted by molar-refractivity contribution is 5.85. The fourth-order valence-electron chi connectivity index (χ4n) is 1.72.